The number of thioether (sulfide) groups is 1. The Bertz CT molecular complexity index is 1310. The van der Waals surface area contributed by atoms with Crippen molar-refractivity contribution in [1.82, 2.24) is 5.32 Å². The molecule has 1 N–H and O–H groups in total. The topological polar surface area (TPSA) is 73.2 Å². The van der Waals surface area contributed by atoms with E-state index >= 15 is 0 Å². The van der Waals surface area contributed by atoms with Gasteiger partial charge in [0.2, 0.25) is 5.91 Å². The van der Waals surface area contributed by atoms with Crippen LogP contribution in [0.2, 0.25) is 10.0 Å². The standard InChI is InChI=1S/C27H21Cl2N3O2S/c28-22-13-7-10-19(24(22)29)16-23-26(34)32(20-11-5-2-6-12-20)27(35-23)21(17-30)25(33)31-15-14-18-8-3-1-4-9-18/h1-13,23H,14-16H2,(H,31,33)/b27-21-/t23-/m0/s1. The third kappa shape index (κ3) is 5.71. The summed E-state index contributed by atoms with van der Waals surface area (Å²) < 4.78 is 0. The molecule has 5 nitrogen and oxygen atoms in total. The minimum absolute atomic E-state index is 0.0973. The van der Waals surface area contributed by atoms with Gasteiger partial charge in [0, 0.05) is 12.2 Å². The summed E-state index contributed by atoms with van der Waals surface area (Å²) in [6, 6.07) is 26.1. The largest absolute Gasteiger partial charge is 0.351 e. The number of nitriles is 1. The van der Waals surface area contributed by atoms with Gasteiger partial charge in [0.05, 0.1) is 15.3 Å². The Kier molecular flexibility index (Phi) is 8.14. The van der Waals surface area contributed by atoms with Crippen LogP contribution < -0.4 is 10.2 Å². The second-order valence-electron chi connectivity index (χ2n) is 7.82. The van der Waals surface area contributed by atoms with E-state index in [0.717, 1.165) is 11.1 Å². The molecule has 1 saturated heterocycles. The van der Waals surface area contributed by atoms with Gasteiger partial charge in [0.15, 0.2) is 0 Å². The summed E-state index contributed by atoms with van der Waals surface area (Å²) in [5, 5.41) is 13.3. The highest BCUT2D eigenvalue weighted by molar-refractivity contribution is 8.05. The number of carbonyl (C=O) groups excluding carboxylic acids is 2. The molecular weight excluding hydrogens is 501 g/mol. The van der Waals surface area contributed by atoms with Crippen LogP contribution in [0.3, 0.4) is 0 Å². The van der Waals surface area contributed by atoms with E-state index in [1.807, 2.05) is 48.5 Å². The van der Waals surface area contributed by atoms with Crippen molar-refractivity contribution in [2.24, 2.45) is 0 Å². The third-order valence-corrected chi connectivity index (χ3v) is 7.62. The molecule has 1 fully saturated rings. The van der Waals surface area contributed by atoms with Crippen molar-refractivity contribution in [2.45, 2.75) is 18.1 Å². The van der Waals surface area contributed by atoms with Crippen molar-refractivity contribution < 1.29 is 9.59 Å². The van der Waals surface area contributed by atoms with Crippen molar-refractivity contribution in [3.63, 3.8) is 0 Å². The number of amides is 2. The normalized spacial score (nSPS) is 16.7. The summed E-state index contributed by atoms with van der Waals surface area (Å²) >= 11 is 13.7. The first-order valence-corrected chi connectivity index (χ1v) is 12.6. The predicted octanol–water partition coefficient (Wildman–Crippen LogP) is 5.78. The van der Waals surface area contributed by atoms with Crippen molar-refractivity contribution in [1.29, 1.82) is 5.26 Å². The molecule has 1 heterocycles. The van der Waals surface area contributed by atoms with Gasteiger partial charge in [-0.25, -0.2) is 0 Å². The summed E-state index contributed by atoms with van der Waals surface area (Å²) in [5.74, 6) is -0.738. The second-order valence-corrected chi connectivity index (χ2v) is 9.79. The highest BCUT2D eigenvalue weighted by atomic mass is 35.5. The average Bonchev–Trinajstić information content (AvgIpc) is 3.19. The van der Waals surface area contributed by atoms with Crippen molar-refractivity contribution in [3.05, 3.63) is 111 Å². The highest BCUT2D eigenvalue weighted by Crippen LogP contribution is 2.42. The molecule has 3 aromatic carbocycles. The molecule has 0 spiro atoms. The molecule has 1 atom stereocenters. The fourth-order valence-electron chi connectivity index (χ4n) is 3.76. The molecule has 0 radical (unpaired) electrons. The van der Waals surface area contributed by atoms with Crippen LogP contribution in [0.4, 0.5) is 5.69 Å². The van der Waals surface area contributed by atoms with Gasteiger partial charge in [0.1, 0.15) is 16.7 Å². The number of para-hydroxylation sites is 1. The lowest BCUT2D eigenvalue weighted by atomic mass is 10.1. The van der Waals surface area contributed by atoms with Gasteiger partial charge < -0.3 is 5.32 Å². The Morgan fingerprint density at radius 3 is 2.37 bits per heavy atom. The van der Waals surface area contributed by atoms with E-state index in [4.69, 9.17) is 23.2 Å². The van der Waals surface area contributed by atoms with E-state index in [1.54, 1.807) is 36.4 Å². The van der Waals surface area contributed by atoms with Crippen LogP contribution in [-0.4, -0.2) is 23.6 Å². The first-order chi connectivity index (χ1) is 17.0. The monoisotopic (exact) mass is 521 g/mol. The van der Waals surface area contributed by atoms with Gasteiger partial charge in [-0.05, 0) is 42.2 Å². The maximum absolute atomic E-state index is 13.5. The maximum Gasteiger partial charge on any atom is 0.264 e. The van der Waals surface area contributed by atoms with Gasteiger partial charge in [-0.3, -0.25) is 14.5 Å². The Labute approximate surface area is 218 Å². The van der Waals surface area contributed by atoms with Crippen LogP contribution in [0, 0.1) is 11.3 Å². The Hall–Kier alpha value is -3.24. The van der Waals surface area contributed by atoms with Crippen LogP contribution in [0.15, 0.2) is 89.5 Å². The second kappa shape index (κ2) is 11.5. The van der Waals surface area contributed by atoms with E-state index in [-0.39, 0.29) is 11.5 Å². The van der Waals surface area contributed by atoms with E-state index in [1.165, 1.54) is 16.7 Å². The number of anilines is 1. The predicted molar refractivity (Wildman–Crippen MR) is 141 cm³/mol. The lowest BCUT2D eigenvalue weighted by Crippen LogP contribution is -2.32. The minimum Gasteiger partial charge on any atom is -0.351 e. The van der Waals surface area contributed by atoms with E-state index in [2.05, 4.69) is 5.32 Å². The number of benzene rings is 3. The first kappa shape index (κ1) is 24.9. The van der Waals surface area contributed by atoms with Crippen LogP contribution >= 0.6 is 35.0 Å². The summed E-state index contributed by atoms with van der Waals surface area (Å²) in [4.78, 5) is 28.0. The zero-order valence-corrected chi connectivity index (χ0v) is 20.9. The molecule has 4 rings (SSSR count). The van der Waals surface area contributed by atoms with E-state index in [0.29, 0.717) is 40.1 Å². The SMILES string of the molecule is N#C/C(C(=O)NCCc1ccccc1)=C1/S[C@@H](Cc2cccc(Cl)c2Cl)C(=O)N1c1ccccc1. The fraction of sp³-hybridized carbons (Fsp3) is 0.148. The first-order valence-electron chi connectivity index (χ1n) is 10.9. The van der Waals surface area contributed by atoms with Gasteiger partial charge in [-0.1, -0.05) is 95.6 Å². The lowest BCUT2D eigenvalue weighted by Gasteiger charge is -2.18. The van der Waals surface area contributed by atoms with Gasteiger partial charge >= 0.3 is 0 Å². The smallest absolute Gasteiger partial charge is 0.264 e. The molecule has 0 unspecified atom stereocenters. The molecule has 0 aliphatic carbocycles. The van der Waals surface area contributed by atoms with Crippen LogP contribution in [0.5, 0.6) is 0 Å². The molecule has 1 aliphatic rings. The van der Waals surface area contributed by atoms with Crippen LogP contribution in [0.25, 0.3) is 0 Å². The highest BCUT2D eigenvalue weighted by Gasteiger charge is 2.41. The van der Waals surface area contributed by atoms with Gasteiger partial charge in [-0.15, -0.1) is 0 Å². The molecule has 35 heavy (non-hydrogen) atoms. The fourth-order valence-corrected chi connectivity index (χ4v) is 5.45. The number of hydrogen-bond donors (Lipinski definition) is 1. The molecule has 8 heteroatoms. The molecule has 0 bridgehead atoms. The molecule has 176 valence electrons. The van der Waals surface area contributed by atoms with Crippen LogP contribution in [0.1, 0.15) is 11.1 Å². The Balaban J connectivity index is 1.62. The van der Waals surface area contributed by atoms with E-state index < -0.39 is 11.2 Å². The van der Waals surface area contributed by atoms with Crippen molar-refractivity contribution in [3.8, 4) is 6.07 Å². The zero-order chi connectivity index (χ0) is 24.8. The number of hydrogen-bond acceptors (Lipinski definition) is 4. The van der Waals surface area contributed by atoms with Crippen molar-refractivity contribution >= 4 is 52.5 Å². The van der Waals surface area contributed by atoms with Gasteiger partial charge in [0.25, 0.3) is 5.91 Å². The molecule has 1 aliphatic heterocycles. The number of halogens is 2. The summed E-state index contributed by atoms with van der Waals surface area (Å²) in [6.45, 7) is 0.368. The van der Waals surface area contributed by atoms with Crippen molar-refractivity contribution in [2.75, 3.05) is 11.4 Å². The summed E-state index contributed by atoms with van der Waals surface area (Å²) in [7, 11) is 0. The number of carbonyl (C=O) groups is 2. The van der Waals surface area contributed by atoms with Crippen LogP contribution in [-0.2, 0) is 22.4 Å². The number of nitrogens with one attached hydrogen (secondary N) is 1. The average molecular weight is 522 g/mol. The lowest BCUT2D eigenvalue weighted by molar-refractivity contribution is -0.117. The summed E-state index contributed by atoms with van der Waals surface area (Å²) in [5.41, 5.74) is 2.29. The molecule has 2 amide bonds. The number of nitrogens with zero attached hydrogens (tertiary/aromatic N) is 2. The molecule has 0 saturated carbocycles. The summed E-state index contributed by atoms with van der Waals surface area (Å²) in [6.07, 6.45) is 0.940. The minimum atomic E-state index is -0.568. The molecule has 0 aromatic heterocycles. The quantitative estimate of drug-likeness (QED) is 0.316. The number of rotatable bonds is 7. The Morgan fingerprint density at radius 1 is 1.00 bits per heavy atom. The van der Waals surface area contributed by atoms with E-state index in [9.17, 15) is 14.9 Å². The maximum atomic E-state index is 13.5. The van der Waals surface area contributed by atoms with Gasteiger partial charge in [-0.2, -0.15) is 5.26 Å². The molecular formula is C27H21Cl2N3O2S. The molecule has 3 aromatic rings. The zero-order valence-electron chi connectivity index (χ0n) is 18.6. The third-order valence-electron chi connectivity index (χ3n) is 5.50. The Morgan fingerprint density at radius 2 is 1.69 bits per heavy atom.